The average Bonchev–Trinajstić information content (AvgIpc) is 2.39. The van der Waals surface area contributed by atoms with Gasteiger partial charge < -0.3 is 9.47 Å². The average molecular weight is 248 g/mol. The number of pyridine rings is 1. The Balaban J connectivity index is 2.99. The molecule has 1 aromatic heterocycles. The van der Waals surface area contributed by atoms with E-state index in [0.717, 1.165) is 0 Å². The molecule has 0 saturated heterocycles. The van der Waals surface area contributed by atoms with E-state index in [1.807, 2.05) is 0 Å². The first-order valence-electron chi connectivity index (χ1n) is 5.15. The van der Waals surface area contributed by atoms with Gasteiger partial charge in [-0.2, -0.15) is 0 Å². The number of carbonyl (C=O) groups excluding carboxylic acids is 1. The van der Waals surface area contributed by atoms with Crippen molar-refractivity contribution in [2.24, 2.45) is 5.11 Å². The number of hydrogen-bond donors (Lipinski definition) is 0. The Hall–Kier alpha value is -2.53. The van der Waals surface area contributed by atoms with Gasteiger partial charge in [-0.3, -0.25) is 0 Å². The lowest BCUT2D eigenvalue weighted by molar-refractivity contribution is -0.138. The topological polar surface area (TPSA) is 97.2 Å². The maximum Gasteiger partial charge on any atom is 0.340 e. The van der Waals surface area contributed by atoms with Crippen LogP contribution in [0.1, 0.15) is 12.5 Å². The molecular weight excluding hydrogens is 236 g/mol. The van der Waals surface area contributed by atoms with Crippen molar-refractivity contribution in [3.05, 3.63) is 40.0 Å². The monoisotopic (exact) mass is 248 g/mol. The molecule has 0 amide bonds. The summed E-state index contributed by atoms with van der Waals surface area (Å²) < 4.78 is 9.66. The first kappa shape index (κ1) is 13.5. The Morgan fingerprint density at radius 2 is 2.39 bits per heavy atom. The lowest BCUT2D eigenvalue weighted by Crippen LogP contribution is -2.05. The minimum atomic E-state index is -0.675. The smallest absolute Gasteiger partial charge is 0.340 e. The van der Waals surface area contributed by atoms with Crippen LogP contribution in [-0.4, -0.2) is 24.7 Å². The summed E-state index contributed by atoms with van der Waals surface area (Å²) in [5, 5.41) is 3.29. The van der Waals surface area contributed by atoms with Crippen molar-refractivity contribution < 1.29 is 14.3 Å². The van der Waals surface area contributed by atoms with Crippen LogP contribution in [0.25, 0.3) is 16.5 Å². The summed E-state index contributed by atoms with van der Waals surface area (Å²) in [7, 11) is 1.50. The number of nitrogens with zero attached hydrogens (tertiary/aromatic N) is 4. The van der Waals surface area contributed by atoms with E-state index in [1.165, 1.54) is 19.4 Å². The Bertz CT molecular complexity index is 490. The van der Waals surface area contributed by atoms with E-state index in [4.69, 9.17) is 15.0 Å². The molecule has 0 saturated carbocycles. The second-order valence-electron chi connectivity index (χ2n) is 3.07. The van der Waals surface area contributed by atoms with Gasteiger partial charge in [-0.1, -0.05) is 5.11 Å². The van der Waals surface area contributed by atoms with E-state index in [2.05, 4.69) is 15.0 Å². The van der Waals surface area contributed by atoms with Gasteiger partial charge in [-0.25, -0.2) is 9.78 Å². The fourth-order valence-corrected chi connectivity index (χ4v) is 1.14. The van der Waals surface area contributed by atoms with Crippen molar-refractivity contribution in [3.63, 3.8) is 0 Å². The van der Waals surface area contributed by atoms with Crippen LogP contribution in [0.5, 0.6) is 5.88 Å². The number of rotatable bonds is 5. The van der Waals surface area contributed by atoms with Gasteiger partial charge in [-0.15, -0.1) is 0 Å². The molecule has 1 heterocycles. The standard InChI is InChI=1S/C11H12N4O3/c1-3-18-11(16)9(14-15-12)6-8-4-5-10(17-2)13-7-8/h4-7H,3H2,1-2H3/b9-6-. The summed E-state index contributed by atoms with van der Waals surface area (Å²) in [4.78, 5) is 18.0. The van der Waals surface area contributed by atoms with Gasteiger partial charge in [0, 0.05) is 17.2 Å². The molecule has 7 heteroatoms. The molecule has 0 spiro atoms. The van der Waals surface area contributed by atoms with Crippen molar-refractivity contribution in [1.29, 1.82) is 0 Å². The first-order chi connectivity index (χ1) is 8.71. The van der Waals surface area contributed by atoms with E-state index in [1.54, 1.807) is 19.1 Å². The van der Waals surface area contributed by atoms with E-state index in [0.29, 0.717) is 11.4 Å². The number of methoxy groups -OCH3 is 1. The van der Waals surface area contributed by atoms with Crippen molar-refractivity contribution in [2.75, 3.05) is 13.7 Å². The normalized spacial score (nSPS) is 10.4. The molecule has 94 valence electrons. The Morgan fingerprint density at radius 3 is 2.89 bits per heavy atom. The van der Waals surface area contributed by atoms with Crippen molar-refractivity contribution >= 4 is 12.0 Å². The number of hydrogen-bond acceptors (Lipinski definition) is 5. The third-order valence-electron chi connectivity index (χ3n) is 1.91. The fourth-order valence-electron chi connectivity index (χ4n) is 1.14. The van der Waals surface area contributed by atoms with Crippen LogP contribution < -0.4 is 4.74 Å². The third-order valence-corrected chi connectivity index (χ3v) is 1.91. The van der Waals surface area contributed by atoms with Crippen molar-refractivity contribution in [3.8, 4) is 5.88 Å². The van der Waals surface area contributed by atoms with Crippen LogP contribution in [0.4, 0.5) is 0 Å². The minimum absolute atomic E-state index is 0.119. The predicted octanol–water partition coefficient (Wildman–Crippen LogP) is 2.30. The maximum absolute atomic E-state index is 11.5. The molecule has 0 atom stereocenters. The number of aromatic nitrogens is 1. The zero-order valence-corrected chi connectivity index (χ0v) is 10.0. The quantitative estimate of drug-likeness (QED) is 0.262. The summed E-state index contributed by atoms with van der Waals surface area (Å²) >= 11 is 0. The minimum Gasteiger partial charge on any atom is -0.481 e. The second kappa shape index (κ2) is 6.93. The van der Waals surface area contributed by atoms with Crippen molar-refractivity contribution in [2.45, 2.75) is 6.92 Å². The fraction of sp³-hybridized carbons (Fsp3) is 0.273. The van der Waals surface area contributed by atoms with Crippen LogP contribution in [0.3, 0.4) is 0 Å². The summed E-state index contributed by atoms with van der Waals surface area (Å²) in [6, 6.07) is 3.31. The number of ether oxygens (including phenoxy) is 2. The van der Waals surface area contributed by atoms with E-state index < -0.39 is 5.97 Å². The molecule has 7 nitrogen and oxygen atoms in total. The molecule has 18 heavy (non-hydrogen) atoms. The molecule has 0 bridgehead atoms. The van der Waals surface area contributed by atoms with Gasteiger partial charge in [0.25, 0.3) is 0 Å². The van der Waals surface area contributed by atoms with Gasteiger partial charge in [0.15, 0.2) is 0 Å². The van der Waals surface area contributed by atoms with Gasteiger partial charge in [0.1, 0.15) is 5.70 Å². The SMILES string of the molecule is CCOC(=O)/C(=C/c1ccc(OC)nc1)N=[N+]=[N-]. The van der Waals surface area contributed by atoms with E-state index in [9.17, 15) is 4.79 Å². The maximum atomic E-state index is 11.5. The molecule has 0 aliphatic carbocycles. The van der Waals surface area contributed by atoms with Gasteiger partial charge in [-0.05, 0) is 30.2 Å². The molecule has 0 N–H and O–H groups in total. The molecule has 0 fully saturated rings. The predicted molar refractivity (Wildman–Crippen MR) is 64.5 cm³/mol. The van der Waals surface area contributed by atoms with Crippen LogP contribution >= 0.6 is 0 Å². The van der Waals surface area contributed by atoms with Gasteiger partial charge in [0.05, 0.1) is 13.7 Å². The molecular formula is C11H12N4O3. The van der Waals surface area contributed by atoms with Crippen molar-refractivity contribution in [1.82, 2.24) is 4.98 Å². The first-order valence-corrected chi connectivity index (χ1v) is 5.15. The zero-order chi connectivity index (χ0) is 13.4. The largest absolute Gasteiger partial charge is 0.481 e. The molecule has 0 aliphatic heterocycles. The lowest BCUT2D eigenvalue weighted by Gasteiger charge is -2.02. The Morgan fingerprint density at radius 1 is 1.61 bits per heavy atom. The highest BCUT2D eigenvalue weighted by Gasteiger charge is 2.08. The number of esters is 1. The van der Waals surface area contributed by atoms with Crippen LogP contribution in [-0.2, 0) is 9.53 Å². The summed E-state index contributed by atoms with van der Waals surface area (Å²) in [5.41, 5.74) is 8.87. The second-order valence-corrected chi connectivity index (χ2v) is 3.07. The van der Waals surface area contributed by atoms with Gasteiger partial charge in [0.2, 0.25) is 5.88 Å². The van der Waals surface area contributed by atoms with E-state index in [-0.39, 0.29) is 12.3 Å². The summed E-state index contributed by atoms with van der Waals surface area (Å²) in [6.45, 7) is 1.87. The number of azide groups is 1. The molecule has 0 aromatic carbocycles. The highest BCUT2D eigenvalue weighted by molar-refractivity contribution is 5.93. The molecule has 0 radical (unpaired) electrons. The van der Waals surface area contributed by atoms with E-state index >= 15 is 0 Å². The van der Waals surface area contributed by atoms with Crippen LogP contribution in [0, 0.1) is 0 Å². The number of carbonyl (C=O) groups is 1. The Labute approximate surface area is 104 Å². The lowest BCUT2D eigenvalue weighted by atomic mass is 10.2. The summed E-state index contributed by atoms with van der Waals surface area (Å²) in [6.07, 6.45) is 2.88. The highest BCUT2D eigenvalue weighted by atomic mass is 16.5. The van der Waals surface area contributed by atoms with Crippen LogP contribution in [0.15, 0.2) is 29.1 Å². The molecule has 1 aromatic rings. The van der Waals surface area contributed by atoms with Gasteiger partial charge >= 0.3 is 5.97 Å². The zero-order valence-electron chi connectivity index (χ0n) is 10.0. The Kier molecular flexibility index (Phi) is 5.21. The summed E-state index contributed by atoms with van der Waals surface area (Å²) in [5.74, 6) is -0.222. The molecule has 0 aliphatic rings. The van der Waals surface area contributed by atoms with Crippen LogP contribution in [0.2, 0.25) is 0 Å². The molecule has 1 rings (SSSR count). The highest BCUT2D eigenvalue weighted by Crippen LogP contribution is 2.12. The third kappa shape index (κ3) is 3.80. The molecule has 0 unspecified atom stereocenters.